The van der Waals surface area contributed by atoms with E-state index in [0.29, 0.717) is 12.8 Å². The Balaban J connectivity index is 1.76. The van der Waals surface area contributed by atoms with Crippen molar-refractivity contribution in [3.05, 3.63) is 30.1 Å². The predicted octanol–water partition coefficient (Wildman–Crippen LogP) is -0.660. The summed E-state index contributed by atoms with van der Waals surface area (Å²) in [7, 11) is 0. The molecular weight excluding hydrogens is 272 g/mol. The van der Waals surface area contributed by atoms with Crippen molar-refractivity contribution in [3.8, 4) is 0 Å². The fourth-order valence-corrected chi connectivity index (χ4v) is 2.12. The Hall–Kier alpha value is -2.28. The van der Waals surface area contributed by atoms with Crippen molar-refractivity contribution < 1.29 is 14.4 Å². The van der Waals surface area contributed by atoms with Gasteiger partial charge in [-0.2, -0.15) is 0 Å². The smallest absolute Gasteiger partial charge is 0.315 e. The monoisotopic (exact) mass is 290 g/mol. The molecule has 1 saturated heterocycles. The Bertz CT molecular complexity index is 512. The molecule has 112 valence electrons. The lowest BCUT2D eigenvalue weighted by atomic mass is 9.97. The first kappa shape index (κ1) is 15.1. The molecule has 0 unspecified atom stereocenters. The van der Waals surface area contributed by atoms with Crippen LogP contribution in [-0.4, -0.2) is 35.8 Å². The van der Waals surface area contributed by atoms with Crippen LogP contribution in [0.25, 0.3) is 0 Å². The molecule has 0 saturated carbocycles. The minimum atomic E-state index is -0.914. The second-order valence-electron chi connectivity index (χ2n) is 4.89. The van der Waals surface area contributed by atoms with Crippen LogP contribution in [0.3, 0.4) is 0 Å². The van der Waals surface area contributed by atoms with Crippen molar-refractivity contribution in [3.63, 3.8) is 0 Å². The van der Waals surface area contributed by atoms with Gasteiger partial charge in [-0.15, -0.1) is 0 Å². The molecule has 2 rings (SSSR count). The molecule has 1 fully saturated rings. The Morgan fingerprint density at radius 1 is 1.24 bits per heavy atom. The molecular formula is C14H18N4O3. The van der Waals surface area contributed by atoms with Crippen molar-refractivity contribution in [1.82, 2.24) is 20.9 Å². The topological polar surface area (TPSA) is 100 Å². The first-order valence-corrected chi connectivity index (χ1v) is 6.89. The van der Waals surface area contributed by atoms with Gasteiger partial charge >= 0.3 is 11.8 Å². The quantitative estimate of drug-likeness (QED) is 0.642. The summed E-state index contributed by atoms with van der Waals surface area (Å²) in [5.41, 5.74) is 0.781. The maximum atomic E-state index is 11.8. The first-order valence-electron chi connectivity index (χ1n) is 6.89. The third-order valence-corrected chi connectivity index (χ3v) is 3.33. The largest absolute Gasteiger partial charge is 0.344 e. The molecule has 3 amide bonds. The molecule has 1 aliphatic rings. The van der Waals surface area contributed by atoms with E-state index in [0.717, 1.165) is 18.7 Å². The molecule has 1 aromatic heterocycles. The number of imide groups is 1. The Kier molecular flexibility index (Phi) is 5.39. The Morgan fingerprint density at radius 3 is 2.67 bits per heavy atom. The minimum Gasteiger partial charge on any atom is -0.344 e. The van der Waals surface area contributed by atoms with Gasteiger partial charge in [-0.3, -0.25) is 24.7 Å². The molecule has 0 radical (unpaired) electrons. The molecule has 1 aliphatic heterocycles. The van der Waals surface area contributed by atoms with Crippen LogP contribution in [0.1, 0.15) is 18.4 Å². The zero-order valence-corrected chi connectivity index (χ0v) is 11.6. The molecule has 0 bridgehead atoms. The van der Waals surface area contributed by atoms with E-state index in [-0.39, 0.29) is 18.4 Å². The molecule has 3 N–H and O–H groups in total. The number of nitrogens with one attached hydrogen (secondary N) is 3. The van der Waals surface area contributed by atoms with E-state index in [9.17, 15) is 14.4 Å². The highest BCUT2D eigenvalue weighted by molar-refractivity contribution is 6.37. The second kappa shape index (κ2) is 7.49. The molecule has 1 aromatic rings. The fourth-order valence-electron chi connectivity index (χ4n) is 2.12. The third-order valence-electron chi connectivity index (χ3n) is 3.33. The molecule has 0 aromatic carbocycles. The lowest BCUT2D eigenvalue weighted by molar-refractivity contribution is -0.143. The number of pyridine rings is 1. The van der Waals surface area contributed by atoms with Crippen LogP contribution in [0.4, 0.5) is 0 Å². The normalized spacial score (nSPS) is 15.2. The van der Waals surface area contributed by atoms with Gasteiger partial charge in [-0.05, 0) is 37.6 Å². The van der Waals surface area contributed by atoms with E-state index in [1.54, 1.807) is 24.5 Å². The summed E-state index contributed by atoms with van der Waals surface area (Å²) in [5, 5.41) is 7.74. The van der Waals surface area contributed by atoms with Gasteiger partial charge in [0.05, 0.1) is 0 Å². The van der Waals surface area contributed by atoms with E-state index in [1.807, 2.05) is 0 Å². The maximum absolute atomic E-state index is 11.8. The van der Waals surface area contributed by atoms with Gasteiger partial charge in [0.25, 0.3) is 0 Å². The van der Waals surface area contributed by atoms with E-state index >= 15 is 0 Å². The van der Waals surface area contributed by atoms with Crippen LogP contribution >= 0.6 is 0 Å². The summed E-state index contributed by atoms with van der Waals surface area (Å²) in [4.78, 5) is 39.0. The number of carbonyl (C=O) groups excluding carboxylic acids is 3. The summed E-state index contributed by atoms with van der Waals surface area (Å²) in [5.74, 6) is -2.32. The lowest BCUT2D eigenvalue weighted by Gasteiger charge is -2.21. The van der Waals surface area contributed by atoms with Crippen LogP contribution in [-0.2, 0) is 20.9 Å². The average Bonchev–Trinajstić information content (AvgIpc) is 2.54. The molecule has 7 heteroatoms. The number of hydrogen-bond acceptors (Lipinski definition) is 5. The molecule has 2 heterocycles. The van der Waals surface area contributed by atoms with Gasteiger partial charge in [0, 0.05) is 24.9 Å². The van der Waals surface area contributed by atoms with Gasteiger partial charge in [0.1, 0.15) is 0 Å². The second-order valence-corrected chi connectivity index (χ2v) is 4.89. The predicted molar refractivity (Wildman–Crippen MR) is 74.8 cm³/mol. The standard InChI is InChI=1S/C14H18N4O3/c19-12(11-3-6-15-7-4-11)18-14(21)13(20)17-9-10-2-1-5-16-8-10/h1-2,5,8,11,15H,3-4,6-7,9H2,(H,17,20)(H,18,19,21). The Morgan fingerprint density at radius 2 is 2.00 bits per heavy atom. The van der Waals surface area contributed by atoms with Gasteiger partial charge in [0.2, 0.25) is 5.91 Å². The molecule has 0 aliphatic carbocycles. The van der Waals surface area contributed by atoms with Crippen LogP contribution in [0.15, 0.2) is 24.5 Å². The molecule has 0 spiro atoms. The third kappa shape index (κ3) is 4.64. The van der Waals surface area contributed by atoms with Gasteiger partial charge in [-0.25, -0.2) is 0 Å². The summed E-state index contributed by atoms with van der Waals surface area (Å²) in [6.07, 6.45) is 4.57. The molecule has 21 heavy (non-hydrogen) atoms. The number of rotatable bonds is 3. The lowest BCUT2D eigenvalue weighted by Crippen LogP contribution is -2.46. The van der Waals surface area contributed by atoms with Gasteiger partial charge in [0.15, 0.2) is 0 Å². The van der Waals surface area contributed by atoms with E-state index < -0.39 is 11.8 Å². The highest BCUT2D eigenvalue weighted by Crippen LogP contribution is 2.11. The molecule has 7 nitrogen and oxygen atoms in total. The van der Waals surface area contributed by atoms with Crippen molar-refractivity contribution in [1.29, 1.82) is 0 Å². The summed E-state index contributed by atoms with van der Waals surface area (Å²) >= 11 is 0. The van der Waals surface area contributed by atoms with Crippen molar-refractivity contribution >= 4 is 17.7 Å². The number of piperidine rings is 1. The highest BCUT2D eigenvalue weighted by atomic mass is 16.2. The van der Waals surface area contributed by atoms with Crippen LogP contribution in [0.2, 0.25) is 0 Å². The van der Waals surface area contributed by atoms with Crippen LogP contribution in [0.5, 0.6) is 0 Å². The number of amides is 3. The van der Waals surface area contributed by atoms with Crippen LogP contribution < -0.4 is 16.0 Å². The number of hydrogen-bond donors (Lipinski definition) is 3. The summed E-state index contributed by atoms with van der Waals surface area (Å²) in [6, 6.07) is 3.52. The highest BCUT2D eigenvalue weighted by Gasteiger charge is 2.24. The minimum absolute atomic E-state index is 0.196. The van der Waals surface area contributed by atoms with E-state index in [1.165, 1.54) is 0 Å². The number of aromatic nitrogens is 1. The van der Waals surface area contributed by atoms with Crippen molar-refractivity contribution in [2.24, 2.45) is 5.92 Å². The van der Waals surface area contributed by atoms with Gasteiger partial charge in [-0.1, -0.05) is 6.07 Å². The Labute approximate surface area is 122 Å². The fraction of sp³-hybridized carbons (Fsp3) is 0.429. The average molecular weight is 290 g/mol. The van der Waals surface area contributed by atoms with Gasteiger partial charge < -0.3 is 10.6 Å². The number of carbonyl (C=O) groups is 3. The number of nitrogens with zero attached hydrogens (tertiary/aromatic N) is 1. The van der Waals surface area contributed by atoms with E-state index in [4.69, 9.17) is 0 Å². The summed E-state index contributed by atoms with van der Waals surface area (Å²) in [6.45, 7) is 1.70. The zero-order valence-electron chi connectivity index (χ0n) is 11.6. The maximum Gasteiger partial charge on any atom is 0.315 e. The summed E-state index contributed by atoms with van der Waals surface area (Å²) < 4.78 is 0. The SMILES string of the molecule is O=C(NCc1cccnc1)C(=O)NC(=O)C1CCNCC1. The molecule has 0 atom stereocenters. The van der Waals surface area contributed by atoms with Crippen molar-refractivity contribution in [2.45, 2.75) is 19.4 Å². The van der Waals surface area contributed by atoms with Crippen molar-refractivity contribution in [2.75, 3.05) is 13.1 Å². The van der Waals surface area contributed by atoms with E-state index in [2.05, 4.69) is 20.9 Å². The zero-order chi connectivity index (χ0) is 15.1. The first-order chi connectivity index (χ1) is 10.2. The van der Waals surface area contributed by atoms with Crippen LogP contribution in [0, 0.1) is 5.92 Å².